The summed E-state index contributed by atoms with van der Waals surface area (Å²) < 4.78 is 5.45. The number of urea groups is 1. The average molecular weight is 399 g/mol. The van der Waals surface area contributed by atoms with Gasteiger partial charge in [-0.1, -0.05) is 18.2 Å². The van der Waals surface area contributed by atoms with Gasteiger partial charge in [-0.25, -0.2) is 9.78 Å². The smallest absolute Gasteiger partial charge is 0.323 e. The Kier molecular flexibility index (Phi) is 4.94. The molecule has 1 atom stereocenters. The lowest BCUT2D eigenvalue weighted by molar-refractivity contribution is 0.0860. The van der Waals surface area contributed by atoms with Gasteiger partial charge in [-0.05, 0) is 43.2 Å². The highest BCUT2D eigenvalue weighted by molar-refractivity contribution is 7.15. The number of carbonyl (C=O) groups is 1. The van der Waals surface area contributed by atoms with E-state index in [0.717, 1.165) is 58.5 Å². The molecule has 0 bridgehead atoms. The maximum Gasteiger partial charge on any atom is 0.323 e. The largest absolute Gasteiger partial charge is 0.381 e. The number of hydrogen-bond donors (Lipinski definition) is 1. The number of thiazole rings is 1. The molecule has 0 unspecified atom stereocenters. The second-order valence-corrected chi connectivity index (χ2v) is 8.93. The van der Waals surface area contributed by atoms with Crippen molar-refractivity contribution in [3.63, 3.8) is 0 Å². The third-order valence-corrected chi connectivity index (χ3v) is 7.18. The molecule has 2 aromatic rings. The molecule has 6 nitrogen and oxygen atoms in total. The van der Waals surface area contributed by atoms with Gasteiger partial charge in [0.05, 0.1) is 6.04 Å². The van der Waals surface area contributed by atoms with Gasteiger partial charge in [-0.2, -0.15) is 0 Å². The third-order valence-electron chi connectivity index (χ3n) is 6.10. The van der Waals surface area contributed by atoms with E-state index in [0.29, 0.717) is 17.1 Å². The average Bonchev–Trinajstić information content (AvgIpc) is 3.27. The van der Waals surface area contributed by atoms with Crippen LogP contribution in [0.1, 0.15) is 35.6 Å². The van der Waals surface area contributed by atoms with Crippen molar-refractivity contribution in [2.45, 2.75) is 37.6 Å². The molecule has 7 heteroatoms. The zero-order chi connectivity index (χ0) is 18.9. The van der Waals surface area contributed by atoms with Crippen LogP contribution in [-0.4, -0.2) is 54.8 Å². The predicted octanol–water partition coefficient (Wildman–Crippen LogP) is 3.71. The van der Waals surface area contributed by atoms with Crippen LogP contribution in [-0.2, 0) is 11.2 Å². The number of amides is 2. The number of para-hydroxylation sites is 1. The molecule has 2 fully saturated rings. The van der Waals surface area contributed by atoms with Gasteiger partial charge in [0.1, 0.15) is 0 Å². The van der Waals surface area contributed by atoms with E-state index in [1.807, 2.05) is 11.1 Å². The summed E-state index contributed by atoms with van der Waals surface area (Å²) in [7, 11) is 0. The summed E-state index contributed by atoms with van der Waals surface area (Å²) in [4.78, 5) is 23.1. The Labute approximate surface area is 169 Å². The number of aromatic nitrogens is 1. The number of fused-ring (bicyclic) bond motifs is 3. The Hall–Kier alpha value is -2.12. The number of ether oxygens (including phenoxy) is 1. The summed E-state index contributed by atoms with van der Waals surface area (Å²) in [5, 5.41) is 3.76. The molecule has 148 valence electrons. The molecule has 3 aliphatic heterocycles. The molecule has 0 aliphatic carbocycles. The van der Waals surface area contributed by atoms with Crippen molar-refractivity contribution in [1.29, 1.82) is 0 Å². The van der Waals surface area contributed by atoms with Crippen LogP contribution in [0.15, 0.2) is 30.5 Å². The van der Waals surface area contributed by atoms with E-state index >= 15 is 0 Å². The Morgan fingerprint density at radius 2 is 2.07 bits per heavy atom. The first kappa shape index (κ1) is 17.9. The standard InChI is InChI=1S/C21H26N4O2S/c26-21(23-20-22-13-19(28-20)15-6-10-27-11-7-15)24-8-3-9-25-17(14-24)12-16-4-1-2-5-18(16)25/h1-2,4-5,13,15,17H,3,6-12,14H2,(H,22,23,26)/t17-/m0/s1. The fraction of sp³-hybridized carbons (Fsp3) is 0.524. The molecule has 1 N–H and O–H groups in total. The van der Waals surface area contributed by atoms with Crippen molar-refractivity contribution >= 4 is 28.2 Å². The number of rotatable bonds is 2. The molecule has 5 rings (SSSR count). The monoisotopic (exact) mass is 398 g/mol. The Morgan fingerprint density at radius 1 is 1.21 bits per heavy atom. The van der Waals surface area contributed by atoms with Crippen LogP contribution >= 0.6 is 11.3 Å². The molecule has 0 spiro atoms. The highest BCUT2D eigenvalue weighted by atomic mass is 32.1. The quantitative estimate of drug-likeness (QED) is 0.838. The Balaban J connectivity index is 1.23. The zero-order valence-corrected chi connectivity index (χ0v) is 16.8. The molecule has 1 aromatic carbocycles. The lowest BCUT2D eigenvalue weighted by Gasteiger charge is -2.27. The first-order valence-electron chi connectivity index (χ1n) is 10.2. The maximum atomic E-state index is 12.9. The molecular formula is C21H26N4O2S. The van der Waals surface area contributed by atoms with Crippen LogP contribution in [0.4, 0.5) is 15.6 Å². The third kappa shape index (κ3) is 3.49. The number of benzene rings is 1. The summed E-state index contributed by atoms with van der Waals surface area (Å²) >= 11 is 1.61. The summed E-state index contributed by atoms with van der Waals surface area (Å²) in [6.45, 7) is 4.20. The lowest BCUT2D eigenvalue weighted by Crippen LogP contribution is -2.43. The lowest BCUT2D eigenvalue weighted by atomic mass is 9.99. The van der Waals surface area contributed by atoms with Gasteiger partial charge in [0.2, 0.25) is 0 Å². The van der Waals surface area contributed by atoms with Crippen LogP contribution in [0.25, 0.3) is 0 Å². The Bertz CT molecular complexity index is 848. The topological polar surface area (TPSA) is 57.7 Å². The summed E-state index contributed by atoms with van der Waals surface area (Å²) in [5.41, 5.74) is 2.74. The number of carbonyl (C=O) groups excluding carboxylic acids is 1. The minimum absolute atomic E-state index is 0.0225. The van der Waals surface area contributed by atoms with E-state index in [1.165, 1.54) is 16.1 Å². The fourth-order valence-electron chi connectivity index (χ4n) is 4.64. The minimum atomic E-state index is -0.0225. The molecule has 3 aliphatic rings. The van der Waals surface area contributed by atoms with Crippen LogP contribution in [0.3, 0.4) is 0 Å². The van der Waals surface area contributed by atoms with Crippen LogP contribution in [0.5, 0.6) is 0 Å². The summed E-state index contributed by atoms with van der Waals surface area (Å²) in [6.07, 6.45) is 6.02. The van der Waals surface area contributed by atoms with Gasteiger partial charge in [0.15, 0.2) is 5.13 Å². The molecule has 0 saturated carbocycles. The number of anilines is 2. The van der Waals surface area contributed by atoms with Crippen molar-refractivity contribution in [1.82, 2.24) is 9.88 Å². The number of nitrogens with one attached hydrogen (secondary N) is 1. The van der Waals surface area contributed by atoms with Gasteiger partial charge in [-0.3, -0.25) is 5.32 Å². The van der Waals surface area contributed by atoms with Crippen molar-refractivity contribution in [3.05, 3.63) is 40.9 Å². The van der Waals surface area contributed by atoms with E-state index in [4.69, 9.17) is 4.74 Å². The van der Waals surface area contributed by atoms with Crippen molar-refractivity contribution in [3.8, 4) is 0 Å². The highest BCUT2D eigenvalue weighted by Crippen LogP contribution is 2.35. The number of nitrogens with zero attached hydrogens (tertiary/aromatic N) is 3. The fourth-order valence-corrected chi connectivity index (χ4v) is 5.61. The van der Waals surface area contributed by atoms with Crippen molar-refractivity contribution in [2.75, 3.05) is 43.1 Å². The molecule has 0 radical (unpaired) electrons. The molecule has 2 saturated heterocycles. The predicted molar refractivity (Wildman–Crippen MR) is 111 cm³/mol. The normalized spacial score (nSPS) is 22.5. The van der Waals surface area contributed by atoms with E-state index < -0.39 is 0 Å². The van der Waals surface area contributed by atoms with Gasteiger partial charge in [-0.15, -0.1) is 11.3 Å². The van der Waals surface area contributed by atoms with Crippen LogP contribution < -0.4 is 10.2 Å². The second-order valence-electron chi connectivity index (χ2n) is 7.86. The van der Waals surface area contributed by atoms with E-state index in [9.17, 15) is 4.79 Å². The van der Waals surface area contributed by atoms with E-state index in [2.05, 4.69) is 39.5 Å². The van der Waals surface area contributed by atoms with Gasteiger partial charge in [0.25, 0.3) is 0 Å². The van der Waals surface area contributed by atoms with Crippen molar-refractivity contribution < 1.29 is 9.53 Å². The van der Waals surface area contributed by atoms with E-state index in [-0.39, 0.29) is 6.03 Å². The maximum absolute atomic E-state index is 12.9. The van der Waals surface area contributed by atoms with E-state index in [1.54, 1.807) is 11.3 Å². The van der Waals surface area contributed by atoms with Gasteiger partial charge < -0.3 is 14.5 Å². The molecule has 1 aromatic heterocycles. The zero-order valence-electron chi connectivity index (χ0n) is 16.0. The molecule has 4 heterocycles. The summed E-state index contributed by atoms with van der Waals surface area (Å²) in [6, 6.07) is 8.98. The minimum Gasteiger partial charge on any atom is -0.381 e. The molecule has 2 amide bonds. The Morgan fingerprint density at radius 3 is 2.96 bits per heavy atom. The van der Waals surface area contributed by atoms with Crippen LogP contribution in [0, 0.1) is 0 Å². The first-order chi connectivity index (χ1) is 13.8. The number of hydrogen-bond acceptors (Lipinski definition) is 5. The summed E-state index contributed by atoms with van der Waals surface area (Å²) in [5.74, 6) is 0.514. The molecule has 28 heavy (non-hydrogen) atoms. The van der Waals surface area contributed by atoms with Gasteiger partial charge in [0, 0.05) is 49.6 Å². The van der Waals surface area contributed by atoms with Crippen molar-refractivity contribution in [2.24, 2.45) is 0 Å². The first-order valence-corrected chi connectivity index (χ1v) is 11.0. The van der Waals surface area contributed by atoms with Gasteiger partial charge >= 0.3 is 6.03 Å². The highest BCUT2D eigenvalue weighted by Gasteiger charge is 2.33. The second kappa shape index (κ2) is 7.72. The molecular weight excluding hydrogens is 372 g/mol. The SMILES string of the molecule is O=C(Nc1ncc(C2CCOCC2)s1)N1CCCN2c3ccccc3C[C@H]2C1. The van der Waals surface area contributed by atoms with Crippen LogP contribution in [0.2, 0.25) is 0 Å².